The van der Waals surface area contributed by atoms with E-state index in [1.54, 1.807) is 24.4 Å². The van der Waals surface area contributed by atoms with E-state index in [9.17, 15) is 4.79 Å². The summed E-state index contributed by atoms with van der Waals surface area (Å²) in [5.74, 6) is 0.697. The maximum absolute atomic E-state index is 12.1. The molecule has 4 rings (SSSR count). The van der Waals surface area contributed by atoms with E-state index in [0.717, 1.165) is 24.0 Å². The standard InChI is InChI=1S/C22H18Cl2N2OS/c23-19-5-2-6-20(24)18(19)12-28-13-21(27)26-25-11-16-10-9-15-8-7-14-3-1-4-17(16)22(14)15/h1-6,9-11H,7-8,12-13H2,(H,26,27)/b25-11-. The fourth-order valence-electron chi connectivity index (χ4n) is 3.50. The maximum atomic E-state index is 12.1. The summed E-state index contributed by atoms with van der Waals surface area (Å²) in [5.41, 5.74) is 7.24. The van der Waals surface area contributed by atoms with Gasteiger partial charge in [0.1, 0.15) is 0 Å². The highest BCUT2D eigenvalue weighted by Crippen LogP contribution is 2.32. The van der Waals surface area contributed by atoms with Crippen LogP contribution in [0.5, 0.6) is 0 Å². The summed E-state index contributed by atoms with van der Waals surface area (Å²) < 4.78 is 0. The minimum atomic E-state index is -0.157. The molecule has 0 saturated heterocycles. The van der Waals surface area contributed by atoms with Crippen molar-refractivity contribution in [3.8, 4) is 0 Å². The third-order valence-electron chi connectivity index (χ3n) is 4.84. The van der Waals surface area contributed by atoms with Crippen LogP contribution < -0.4 is 5.43 Å². The number of benzene rings is 3. The van der Waals surface area contributed by atoms with Crippen LogP contribution in [0, 0.1) is 0 Å². The molecule has 3 aromatic rings. The Balaban J connectivity index is 1.35. The van der Waals surface area contributed by atoms with E-state index in [0.29, 0.717) is 15.8 Å². The molecule has 1 amide bonds. The summed E-state index contributed by atoms with van der Waals surface area (Å²) in [5, 5.41) is 7.90. The molecule has 0 bridgehead atoms. The molecule has 6 heteroatoms. The Hall–Kier alpha value is -2.01. The largest absolute Gasteiger partial charge is 0.272 e. The van der Waals surface area contributed by atoms with E-state index in [1.165, 1.54) is 33.7 Å². The molecule has 0 unspecified atom stereocenters. The molecule has 0 radical (unpaired) electrons. The van der Waals surface area contributed by atoms with Crippen molar-refractivity contribution in [2.45, 2.75) is 18.6 Å². The predicted molar refractivity (Wildman–Crippen MR) is 120 cm³/mol. The zero-order valence-electron chi connectivity index (χ0n) is 15.0. The number of carbonyl (C=O) groups excluding carboxylic acids is 1. The third kappa shape index (κ3) is 4.04. The normalized spacial score (nSPS) is 12.8. The van der Waals surface area contributed by atoms with Crippen LogP contribution in [0.25, 0.3) is 10.8 Å². The van der Waals surface area contributed by atoms with Gasteiger partial charge in [0.2, 0.25) is 5.91 Å². The minimum Gasteiger partial charge on any atom is -0.272 e. The lowest BCUT2D eigenvalue weighted by Gasteiger charge is -2.06. The summed E-state index contributed by atoms with van der Waals surface area (Å²) in [6, 6.07) is 16.0. The number of hydrogen-bond acceptors (Lipinski definition) is 3. The van der Waals surface area contributed by atoms with Gasteiger partial charge in [-0.15, -0.1) is 11.8 Å². The Kier molecular flexibility index (Phi) is 5.90. The van der Waals surface area contributed by atoms with Crippen LogP contribution >= 0.6 is 35.0 Å². The molecule has 28 heavy (non-hydrogen) atoms. The van der Waals surface area contributed by atoms with Gasteiger partial charge >= 0.3 is 0 Å². The fraction of sp³-hybridized carbons (Fsp3) is 0.182. The Bertz CT molecular complexity index is 1050. The first-order chi connectivity index (χ1) is 13.6. The highest BCUT2D eigenvalue weighted by atomic mass is 35.5. The molecule has 0 atom stereocenters. The Labute approximate surface area is 178 Å². The lowest BCUT2D eigenvalue weighted by atomic mass is 10.0. The van der Waals surface area contributed by atoms with E-state index in [-0.39, 0.29) is 11.7 Å². The van der Waals surface area contributed by atoms with Crippen molar-refractivity contribution in [1.29, 1.82) is 0 Å². The van der Waals surface area contributed by atoms with Crippen LogP contribution in [-0.2, 0) is 23.4 Å². The quantitative estimate of drug-likeness (QED) is 0.408. The average Bonchev–Trinajstić information content (AvgIpc) is 3.11. The van der Waals surface area contributed by atoms with Gasteiger partial charge in [0, 0.05) is 21.4 Å². The van der Waals surface area contributed by atoms with Gasteiger partial charge in [0.05, 0.1) is 12.0 Å². The summed E-state index contributed by atoms with van der Waals surface area (Å²) in [6.45, 7) is 0. The molecule has 142 valence electrons. The van der Waals surface area contributed by atoms with Gasteiger partial charge in [-0.3, -0.25) is 4.79 Å². The van der Waals surface area contributed by atoms with Crippen LogP contribution in [0.1, 0.15) is 22.3 Å². The van der Waals surface area contributed by atoms with Gasteiger partial charge in [0.15, 0.2) is 0 Å². The van der Waals surface area contributed by atoms with Crippen molar-refractivity contribution >= 4 is 57.9 Å². The number of amides is 1. The molecule has 3 aromatic carbocycles. The molecule has 1 aliphatic rings. The van der Waals surface area contributed by atoms with Crippen molar-refractivity contribution in [3.63, 3.8) is 0 Å². The van der Waals surface area contributed by atoms with Crippen LogP contribution in [-0.4, -0.2) is 17.9 Å². The molecule has 0 aromatic heterocycles. The molecule has 1 N–H and O–H groups in total. The van der Waals surface area contributed by atoms with Crippen molar-refractivity contribution in [1.82, 2.24) is 5.43 Å². The zero-order valence-corrected chi connectivity index (χ0v) is 17.4. The number of rotatable bonds is 6. The zero-order chi connectivity index (χ0) is 19.5. The molecular formula is C22H18Cl2N2OS. The first-order valence-corrected chi connectivity index (χ1v) is 10.9. The number of nitrogens with one attached hydrogen (secondary N) is 1. The van der Waals surface area contributed by atoms with E-state index in [4.69, 9.17) is 23.2 Å². The van der Waals surface area contributed by atoms with Gasteiger partial charge in [-0.05, 0) is 52.4 Å². The number of hydrogen-bond donors (Lipinski definition) is 1. The minimum absolute atomic E-state index is 0.157. The second-order valence-electron chi connectivity index (χ2n) is 6.64. The second-order valence-corrected chi connectivity index (χ2v) is 8.44. The Morgan fingerprint density at radius 2 is 1.75 bits per heavy atom. The summed E-state index contributed by atoms with van der Waals surface area (Å²) in [4.78, 5) is 12.1. The number of carbonyl (C=O) groups is 1. The fourth-order valence-corrected chi connectivity index (χ4v) is 5.06. The van der Waals surface area contributed by atoms with Crippen molar-refractivity contribution in [3.05, 3.63) is 80.8 Å². The SMILES string of the molecule is O=C(CSCc1c(Cl)cccc1Cl)N/N=C\c1ccc2c3c(cccc13)CC2. The first kappa shape index (κ1) is 19.3. The molecule has 0 fully saturated rings. The lowest BCUT2D eigenvalue weighted by molar-refractivity contribution is -0.118. The summed E-state index contributed by atoms with van der Waals surface area (Å²) >= 11 is 13.7. The highest BCUT2D eigenvalue weighted by Gasteiger charge is 2.15. The third-order valence-corrected chi connectivity index (χ3v) is 6.51. The van der Waals surface area contributed by atoms with Gasteiger partial charge in [-0.25, -0.2) is 5.43 Å². The van der Waals surface area contributed by atoms with Crippen LogP contribution in [0.15, 0.2) is 53.6 Å². The van der Waals surface area contributed by atoms with Gasteiger partial charge < -0.3 is 0 Å². The van der Waals surface area contributed by atoms with E-state index >= 15 is 0 Å². The predicted octanol–water partition coefficient (Wildman–Crippen LogP) is 5.63. The van der Waals surface area contributed by atoms with Crippen LogP contribution in [0.4, 0.5) is 0 Å². The number of halogens is 2. The lowest BCUT2D eigenvalue weighted by Crippen LogP contribution is -2.19. The molecule has 0 aliphatic heterocycles. The molecule has 0 saturated carbocycles. The number of aryl methyl sites for hydroxylation is 2. The van der Waals surface area contributed by atoms with Crippen LogP contribution in [0.3, 0.4) is 0 Å². The van der Waals surface area contributed by atoms with Gasteiger partial charge in [0.25, 0.3) is 0 Å². The van der Waals surface area contributed by atoms with Crippen molar-refractivity contribution < 1.29 is 4.79 Å². The Morgan fingerprint density at radius 3 is 2.54 bits per heavy atom. The topological polar surface area (TPSA) is 41.5 Å². The maximum Gasteiger partial charge on any atom is 0.250 e. The number of thioether (sulfide) groups is 1. The van der Waals surface area contributed by atoms with E-state index in [2.05, 4.69) is 40.9 Å². The van der Waals surface area contributed by atoms with Crippen molar-refractivity contribution in [2.75, 3.05) is 5.75 Å². The monoisotopic (exact) mass is 428 g/mol. The summed E-state index contributed by atoms with van der Waals surface area (Å²) in [7, 11) is 0. The second kappa shape index (κ2) is 8.56. The Morgan fingerprint density at radius 1 is 1.04 bits per heavy atom. The average molecular weight is 429 g/mol. The summed E-state index contributed by atoms with van der Waals surface area (Å²) in [6.07, 6.45) is 3.90. The smallest absolute Gasteiger partial charge is 0.250 e. The molecule has 0 heterocycles. The van der Waals surface area contributed by atoms with Crippen molar-refractivity contribution in [2.24, 2.45) is 5.10 Å². The van der Waals surface area contributed by atoms with Crippen LogP contribution in [0.2, 0.25) is 10.0 Å². The molecular weight excluding hydrogens is 411 g/mol. The van der Waals surface area contributed by atoms with Gasteiger partial charge in [-0.1, -0.05) is 59.6 Å². The highest BCUT2D eigenvalue weighted by molar-refractivity contribution is 7.99. The number of nitrogens with zero attached hydrogens (tertiary/aromatic N) is 1. The molecule has 1 aliphatic carbocycles. The van der Waals surface area contributed by atoms with Gasteiger partial charge in [-0.2, -0.15) is 5.10 Å². The molecule has 0 spiro atoms. The molecule has 3 nitrogen and oxygen atoms in total. The van der Waals surface area contributed by atoms with E-state index in [1.807, 2.05) is 0 Å². The van der Waals surface area contributed by atoms with E-state index < -0.39 is 0 Å². The first-order valence-electron chi connectivity index (χ1n) is 8.99. The number of hydrazone groups is 1.